The van der Waals surface area contributed by atoms with Crippen LogP contribution in [0.15, 0.2) is 4.99 Å². The molecule has 2 aliphatic rings. The summed E-state index contributed by atoms with van der Waals surface area (Å²) in [5.41, 5.74) is 0. The highest BCUT2D eigenvalue weighted by Crippen LogP contribution is 2.14. The number of sulfonamides is 1. The van der Waals surface area contributed by atoms with Crippen LogP contribution in [0, 0.1) is 0 Å². The molecule has 2 fully saturated rings. The molecule has 162 valence electrons. The first kappa shape index (κ1) is 22.9. The second-order valence-corrected chi connectivity index (χ2v) is 9.36. The van der Waals surface area contributed by atoms with Gasteiger partial charge in [0.05, 0.1) is 18.3 Å². The van der Waals surface area contributed by atoms with Gasteiger partial charge in [-0.05, 0) is 33.6 Å². The Kier molecular flexibility index (Phi) is 8.97. The summed E-state index contributed by atoms with van der Waals surface area (Å²) in [6.07, 6.45) is 2.23. The van der Waals surface area contributed by atoms with Crippen LogP contribution in [0.25, 0.3) is 0 Å². The molecule has 0 aromatic heterocycles. The maximum atomic E-state index is 12.6. The molecular weight excluding hydrogens is 380 g/mol. The highest BCUT2D eigenvalue weighted by Gasteiger charge is 2.30. The predicted octanol–water partition coefficient (Wildman–Crippen LogP) is -0.480. The number of aliphatic imine (C=N–C) groups is 1. The summed E-state index contributed by atoms with van der Waals surface area (Å²) in [6, 6.07) is -0.0803. The van der Waals surface area contributed by atoms with Gasteiger partial charge >= 0.3 is 0 Å². The first-order valence-electron chi connectivity index (χ1n) is 10.4. The smallest absolute Gasteiger partial charge is 0.239 e. The van der Waals surface area contributed by atoms with Crippen LogP contribution in [0.3, 0.4) is 0 Å². The molecule has 0 spiro atoms. The molecule has 2 aliphatic heterocycles. The molecule has 1 amide bonds. The van der Waals surface area contributed by atoms with E-state index in [1.165, 1.54) is 0 Å². The van der Waals surface area contributed by atoms with E-state index in [0.717, 1.165) is 64.6 Å². The lowest BCUT2D eigenvalue weighted by atomic mass is 10.2. The van der Waals surface area contributed by atoms with Crippen LogP contribution in [0.5, 0.6) is 0 Å². The van der Waals surface area contributed by atoms with Gasteiger partial charge in [0.1, 0.15) is 0 Å². The monoisotopic (exact) mass is 416 g/mol. The molecular formula is C18H36N6O3S. The van der Waals surface area contributed by atoms with Crippen molar-refractivity contribution < 1.29 is 13.2 Å². The first-order chi connectivity index (χ1) is 13.4. The Balaban J connectivity index is 1.83. The van der Waals surface area contributed by atoms with E-state index in [2.05, 4.69) is 24.8 Å². The molecule has 0 aromatic carbocycles. The van der Waals surface area contributed by atoms with Gasteiger partial charge in [-0.2, -0.15) is 0 Å². The topological polar surface area (TPSA) is 97.3 Å². The lowest BCUT2D eigenvalue weighted by Gasteiger charge is -2.39. The fraction of sp³-hybridized carbons (Fsp3) is 0.889. The minimum absolute atomic E-state index is 0.0765. The molecule has 28 heavy (non-hydrogen) atoms. The Labute approximate surface area is 169 Å². The average Bonchev–Trinajstić information content (AvgIpc) is 3.24. The van der Waals surface area contributed by atoms with E-state index in [9.17, 15) is 13.2 Å². The number of amides is 1. The van der Waals surface area contributed by atoms with Gasteiger partial charge in [0.25, 0.3) is 0 Å². The Bertz CT molecular complexity index is 625. The number of nitrogens with zero attached hydrogens (tertiary/aromatic N) is 4. The third-order valence-electron chi connectivity index (χ3n) is 5.35. The van der Waals surface area contributed by atoms with Crippen LogP contribution in [0.4, 0.5) is 0 Å². The Hall–Kier alpha value is -1.39. The Morgan fingerprint density at radius 1 is 1.04 bits per heavy atom. The van der Waals surface area contributed by atoms with Crippen LogP contribution in [-0.2, 0) is 14.8 Å². The van der Waals surface area contributed by atoms with E-state index in [1.807, 2.05) is 18.7 Å². The van der Waals surface area contributed by atoms with Gasteiger partial charge in [-0.15, -0.1) is 0 Å². The predicted molar refractivity (Wildman–Crippen MR) is 112 cm³/mol. The second-order valence-electron chi connectivity index (χ2n) is 7.26. The van der Waals surface area contributed by atoms with Gasteiger partial charge in [0, 0.05) is 52.4 Å². The average molecular weight is 417 g/mol. The Morgan fingerprint density at radius 2 is 1.68 bits per heavy atom. The number of nitrogens with one attached hydrogen (secondary N) is 2. The lowest BCUT2D eigenvalue weighted by Crippen LogP contribution is -2.57. The summed E-state index contributed by atoms with van der Waals surface area (Å²) >= 11 is 0. The second kappa shape index (κ2) is 11.0. The van der Waals surface area contributed by atoms with E-state index in [-0.39, 0.29) is 17.7 Å². The summed E-state index contributed by atoms with van der Waals surface area (Å²) in [6.45, 7) is 12.1. The molecule has 0 saturated carbocycles. The number of guanidine groups is 1. The number of piperazine rings is 1. The molecule has 2 heterocycles. The van der Waals surface area contributed by atoms with Gasteiger partial charge in [-0.3, -0.25) is 14.7 Å². The first-order valence-corrected chi connectivity index (χ1v) is 12.1. The zero-order chi connectivity index (χ0) is 20.6. The van der Waals surface area contributed by atoms with Crippen molar-refractivity contribution in [1.82, 2.24) is 24.7 Å². The van der Waals surface area contributed by atoms with Crippen molar-refractivity contribution in [2.45, 2.75) is 39.7 Å². The number of carbonyl (C=O) groups excluding carboxylic acids is 1. The fourth-order valence-electron chi connectivity index (χ4n) is 3.57. The minimum Gasteiger partial charge on any atom is -0.357 e. The molecule has 2 rings (SSSR count). The maximum absolute atomic E-state index is 12.6. The summed E-state index contributed by atoms with van der Waals surface area (Å²) in [5, 5.41) is 3.28. The molecule has 0 aliphatic carbocycles. The molecule has 2 saturated heterocycles. The summed E-state index contributed by atoms with van der Waals surface area (Å²) < 4.78 is 25.5. The molecule has 10 heteroatoms. The van der Waals surface area contributed by atoms with Gasteiger partial charge in [0.2, 0.25) is 15.9 Å². The standard InChI is InChI=1S/C18H36N6O3S/c1-4-19-18(20-8-9-21-28(26,27)5-2)24-14-12-22(13-15-24)16(3)17(25)23-10-6-7-11-23/h16,21H,4-15H2,1-3H3,(H,19,20). The highest BCUT2D eigenvalue weighted by molar-refractivity contribution is 7.89. The van der Waals surface area contributed by atoms with Crippen molar-refractivity contribution in [2.24, 2.45) is 4.99 Å². The Morgan fingerprint density at radius 3 is 2.25 bits per heavy atom. The zero-order valence-corrected chi connectivity index (χ0v) is 18.3. The molecule has 0 radical (unpaired) electrons. The van der Waals surface area contributed by atoms with Crippen LogP contribution >= 0.6 is 0 Å². The van der Waals surface area contributed by atoms with E-state index in [1.54, 1.807) is 6.92 Å². The molecule has 0 bridgehead atoms. The third-order valence-corrected chi connectivity index (χ3v) is 6.75. The van der Waals surface area contributed by atoms with Crippen molar-refractivity contribution in [3.05, 3.63) is 0 Å². The largest absolute Gasteiger partial charge is 0.357 e. The van der Waals surface area contributed by atoms with E-state index in [4.69, 9.17) is 0 Å². The molecule has 1 atom stereocenters. The summed E-state index contributed by atoms with van der Waals surface area (Å²) in [5.74, 6) is 1.12. The van der Waals surface area contributed by atoms with Crippen molar-refractivity contribution in [1.29, 1.82) is 0 Å². The quantitative estimate of drug-likeness (QED) is 0.315. The van der Waals surface area contributed by atoms with Crippen LogP contribution in [0.2, 0.25) is 0 Å². The van der Waals surface area contributed by atoms with Gasteiger partial charge in [0.15, 0.2) is 5.96 Å². The highest BCUT2D eigenvalue weighted by atomic mass is 32.2. The number of rotatable bonds is 8. The van der Waals surface area contributed by atoms with Crippen molar-refractivity contribution in [2.75, 3.05) is 64.7 Å². The molecule has 0 aromatic rings. The van der Waals surface area contributed by atoms with E-state index >= 15 is 0 Å². The number of likely N-dealkylation sites (tertiary alicyclic amines) is 1. The fourth-order valence-corrected chi connectivity index (χ4v) is 4.18. The zero-order valence-electron chi connectivity index (χ0n) is 17.5. The third kappa shape index (κ3) is 6.59. The number of hydrogen-bond acceptors (Lipinski definition) is 5. The summed E-state index contributed by atoms with van der Waals surface area (Å²) in [7, 11) is -3.18. The van der Waals surface area contributed by atoms with Gasteiger partial charge in [-0.25, -0.2) is 13.1 Å². The SMILES string of the molecule is CCNC(=NCCNS(=O)(=O)CC)N1CCN(C(C)C(=O)N2CCCC2)CC1. The van der Waals surface area contributed by atoms with Gasteiger partial charge < -0.3 is 15.1 Å². The number of carbonyl (C=O) groups is 1. The van der Waals surface area contributed by atoms with Crippen molar-refractivity contribution in [3.8, 4) is 0 Å². The van der Waals surface area contributed by atoms with Crippen molar-refractivity contribution in [3.63, 3.8) is 0 Å². The van der Waals surface area contributed by atoms with E-state index in [0.29, 0.717) is 13.1 Å². The summed E-state index contributed by atoms with van der Waals surface area (Å²) in [4.78, 5) is 23.6. The maximum Gasteiger partial charge on any atom is 0.239 e. The number of hydrogen-bond donors (Lipinski definition) is 2. The van der Waals surface area contributed by atoms with Crippen LogP contribution in [-0.4, -0.2) is 106 Å². The molecule has 2 N–H and O–H groups in total. The van der Waals surface area contributed by atoms with Crippen LogP contribution < -0.4 is 10.0 Å². The molecule has 9 nitrogen and oxygen atoms in total. The van der Waals surface area contributed by atoms with Crippen molar-refractivity contribution >= 4 is 21.9 Å². The lowest BCUT2D eigenvalue weighted by molar-refractivity contribution is -0.135. The van der Waals surface area contributed by atoms with E-state index < -0.39 is 10.0 Å². The molecule has 1 unspecified atom stereocenters. The van der Waals surface area contributed by atoms with Crippen LogP contribution in [0.1, 0.15) is 33.6 Å². The minimum atomic E-state index is -3.18. The normalized spacial score (nSPS) is 20.5. The van der Waals surface area contributed by atoms with Gasteiger partial charge in [-0.1, -0.05) is 0 Å².